The average Bonchev–Trinajstić information content (AvgIpc) is 3.20. The Balaban J connectivity index is 1.43. The first kappa shape index (κ1) is 17.1. The molecule has 0 spiro atoms. The van der Waals surface area contributed by atoms with E-state index in [0.29, 0.717) is 26.2 Å². The molecular formula is C17H20FN3O2S2. The molecule has 2 fully saturated rings. The fourth-order valence-corrected chi connectivity index (χ4v) is 6.55. The number of sulfonamides is 1. The molecule has 1 aromatic heterocycles. The topological polar surface area (TPSA) is 53.5 Å². The van der Waals surface area contributed by atoms with Gasteiger partial charge in [-0.25, -0.2) is 17.8 Å². The second-order valence-corrected chi connectivity index (χ2v) is 10.0. The van der Waals surface area contributed by atoms with Gasteiger partial charge in [-0.05, 0) is 24.6 Å². The lowest BCUT2D eigenvalue weighted by Gasteiger charge is -2.20. The fourth-order valence-electron chi connectivity index (χ4n) is 3.79. The smallest absolute Gasteiger partial charge is 0.218 e. The van der Waals surface area contributed by atoms with E-state index < -0.39 is 10.0 Å². The lowest BCUT2D eigenvalue weighted by molar-refractivity contribution is 0.294. The first-order valence-corrected chi connectivity index (χ1v) is 10.7. The lowest BCUT2D eigenvalue weighted by atomic mass is 10.1. The number of hydrogen-bond acceptors (Lipinski definition) is 5. The maximum atomic E-state index is 13.0. The van der Waals surface area contributed by atoms with Crippen LogP contribution in [0.3, 0.4) is 0 Å². The summed E-state index contributed by atoms with van der Waals surface area (Å²) in [5.74, 6) is -0.122. The first-order chi connectivity index (χ1) is 11.9. The SMILES string of the molecule is Cc1nc(CN2C[C@@H]3CN(Cc4ccc(F)cc4)C[C@@H]3S2(=O)=O)cs1. The Hall–Kier alpha value is -1.35. The average molecular weight is 381 g/mol. The highest BCUT2D eigenvalue weighted by Crippen LogP contribution is 2.35. The number of nitrogens with zero attached hydrogens (tertiary/aromatic N) is 3. The molecule has 2 aliphatic heterocycles. The van der Waals surface area contributed by atoms with Gasteiger partial charge in [0.25, 0.3) is 0 Å². The van der Waals surface area contributed by atoms with Gasteiger partial charge < -0.3 is 0 Å². The summed E-state index contributed by atoms with van der Waals surface area (Å²) in [4.78, 5) is 6.54. The summed E-state index contributed by atoms with van der Waals surface area (Å²) in [5, 5.41) is 2.55. The number of aryl methyl sites for hydroxylation is 1. The summed E-state index contributed by atoms with van der Waals surface area (Å²) in [6, 6.07) is 6.41. The second-order valence-electron chi connectivity index (χ2n) is 6.81. The van der Waals surface area contributed by atoms with Gasteiger partial charge in [0.1, 0.15) is 5.82 Å². The van der Waals surface area contributed by atoms with E-state index in [1.54, 1.807) is 27.8 Å². The van der Waals surface area contributed by atoms with Crippen molar-refractivity contribution in [3.05, 3.63) is 51.7 Å². The van der Waals surface area contributed by atoms with Crippen LogP contribution >= 0.6 is 11.3 Å². The Labute approximate surface area is 151 Å². The number of benzene rings is 1. The molecule has 8 heteroatoms. The zero-order valence-corrected chi connectivity index (χ0v) is 15.6. The molecule has 0 radical (unpaired) electrons. The number of thiazole rings is 1. The molecule has 1 aromatic carbocycles. The first-order valence-electron chi connectivity index (χ1n) is 8.28. The van der Waals surface area contributed by atoms with Crippen molar-refractivity contribution in [2.45, 2.75) is 25.3 Å². The molecule has 0 saturated carbocycles. The van der Waals surface area contributed by atoms with Gasteiger partial charge in [0.2, 0.25) is 10.0 Å². The number of aromatic nitrogens is 1. The van der Waals surface area contributed by atoms with E-state index in [9.17, 15) is 12.8 Å². The van der Waals surface area contributed by atoms with Crippen LogP contribution in [0.2, 0.25) is 0 Å². The summed E-state index contributed by atoms with van der Waals surface area (Å²) in [6.45, 7) is 4.81. The zero-order chi connectivity index (χ0) is 17.6. The van der Waals surface area contributed by atoms with Crippen molar-refractivity contribution in [1.29, 1.82) is 0 Å². The van der Waals surface area contributed by atoms with Crippen molar-refractivity contribution in [2.75, 3.05) is 19.6 Å². The highest BCUT2D eigenvalue weighted by atomic mass is 32.2. The second kappa shape index (κ2) is 6.42. The lowest BCUT2D eigenvalue weighted by Crippen LogP contribution is -2.34. The third kappa shape index (κ3) is 3.36. The normalized spacial score (nSPS) is 26.2. The molecule has 134 valence electrons. The summed E-state index contributed by atoms with van der Waals surface area (Å²) >= 11 is 1.54. The maximum absolute atomic E-state index is 13.0. The molecule has 2 aliphatic rings. The molecule has 0 N–H and O–H groups in total. The monoisotopic (exact) mass is 381 g/mol. The van der Waals surface area contributed by atoms with E-state index in [4.69, 9.17) is 0 Å². The van der Waals surface area contributed by atoms with Gasteiger partial charge >= 0.3 is 0 Å². The molecule has 2 atom stereocenters. The van der Waals surface area contributed by atoms with Crippen LogP contribution in [0.25, 0.3) is 0 Å². The Bertz CT molecular complexity index is 866. The summed E-state index contributed by atoms with van der Waals surface area (Å²) in [6.07, 6.45) is 0. The van der Waals surface area contributed by atoms with Crippen molar-refractivity contribution in [2.24, 2.45) is 5.92 Å². The highest BCUT2D eigenvalue weighted by molar-refractivity contribution is 7.90. The molecule has 2 aromatic rings. The molecular weight excluding hydrogens is 361 g/mol. The molecule has 3 heterocycles. The number of likely N-dealkylation sites (tertiary alicyclic amines) is 1. The van der Waals surface area contributed by atoms with Crippen LogP contribution in [0.5, 0.6) is 0 Å². The van der Waals surface area contributed by atoms with Gasteiger partial charge in [-0.15, -0.1) is 11.3 Å². The van der Waals surface area contributed by atoms with Gasteiger partial charge in [-0.3, -0.25) is 4.90 Å². The molecule has 0 aliphatic carbocycles. The van der Waals surface area contributed by atoms with Crippen LogP contribution in [0.1, 0.15) is 16.3 Å². The third-order valence-corrected chi connectivity index (χ3v) is 8.08. The van der Waals surface area contributed by atoms with Crippen molar-refractivity contribution in [3.63, 3.8) is 0 Å². The minimum atomic E-state index is -3.29. The number of rotatable bonds is 4. The van der Waals surface area contributed by atoms with E-state index in [1.165, 1.54) is 12.1 Å². The summed E-state index contributed by atoms with van der Waals surface area (Å²) in [5.41, 5.74) is 1.84. The van der Waals surface area contributed by atoms with Crippen LogP contribution in [0.4, 0.5) is 4.39 Å². The van der Waals surface area contributed by atoms with E-state index in [-0.39, 0.29) is 17.0 Å². The standard InChI is InChI=1S/C17H20FN3O2S2/c1-12-19-16(11-24-12)9-21-8-14-7-20(10-17(14)25(21,22)23)6-13-2-4-15(18)5-3-13/h2-5,11,14,17H,6-10H2,1H3/t14-,17-/m0/s1. The number of halogens is 1. The molecule has 25 heavy (non-hydrogen) atoms. The van der Waals surface area contributed by atoms with E-state index >= 15 is 0 Å². The predicted molar refractivity (Wildman–Crippen MR) is 95.1 cm³/mol. The van der Waals surface area contributed by atoms with Gasteiger partial charge in [0, 0.05) is 37.5 Å². The summed E-state index contributed by atoms with van der Waals surface area (Å²) < 4.78 is 40.3. The Morgan fingerprint density at radius 1 is 1.20 bits per heavy atom. The quantitative estimate of drug-likeness (QED) is 0.815. The van der Waals surface area contributed by atoms with Crippen molar-refractivity contribution in [3.8, 4) is 0 Å². The largest absolute Gasteiger partial charge is 0.297 e. The van der Waals surface area contributed by atoms with Crippen molar-refractivity contribution in [1.82, 2.24) is 14.2 Å². The molecule has 2 saturated heterocycles. The summed E-state index contributed by atoms with van der Waals surface area (Å²) in [7, 11) is -3.29. The molecule has 0 amide bonds. The zero-order valence-electron chi connectivity index (χ0n) is 13.9. The Kier molecular flexibility index (Phi) is 4.39. The van der Waals surface area contributed by atoms with Crippen molar-refractivity contribution < 1.29 is 12.8 Å². The van der Waals surface area contributed by atoms with Crippen LogP contribution in [0, 0.1) is 18.7 Å². The number of hydrogen-bond donors (Lipinski definition) is 0. The van der Waals surface area contributed by atoms with Gasteiger partial charge in [0.15, 0.2) is 0 Å². The van der Waals surface area contributed by atoms with E-state index in [2.05, 4.69) is 9.88 Å². The molecule has 4 rings (SSSR count). The van der Waals surface area contributed by atoms with Gasteiger partial charge in [-0.2, -0.15) is 4.31 Å². The minimum absolute atomic E-state index is 0.130. The van der Waals surface area contributed by atoms with Crippen LogP contribution in [-0.2, 0) is 23.1 Å². The fraction of sp³-hybridized carbons (Fsp3) is 0.471. The maximum Gasteiger partial charge on any atom is 0.218 e. The predicted octanol–water partition coefficient (Wildman–Crippen LogP) is 2.24. The minimum Gasteiger partial charge on any atom is -0.297 e. The van der Waals surface area contributed by atoms with Crippen molar-refractivity contribution >= 4 is 21.4 Å². The third-order valence-electron chi connectivity index (χ3n) is 4.96. The Morgan fingerprint density at radius 3 is 2.60 bits per heavy atom. The van der Waals surface area contributed by atoms with Crippen LogP contribution < -0.4 is 0 Å². The van der Waals surface area contributed by atoms with Gasteiger partial charge in [0.05, 0.1) is 22.5 Å². The van der Waals surface area contributed by atoms with Crippen LogP contribution in [-0.4, -0.2) is 47.5 Å². The van der Waals surface area contributed by atoms with E-state index in [1.807, 2.05) is 12.3 Å². The van der Waals surface area contributed by atoms with Crippen LogP contribution in [0.15, 0.2) is 29.6 Å². The molecule has 0 bridgehead atoms. The molecule has 5 nitrogen and oxygen atoms in total. The molecule has 0 unspecified atom stereocenters. The number of fused-ring (bicyclic) bond motifs is 1. The van der Waals surface area contributed by atoms with E-state index in [0.717, 1.165) is 22.8 Å². The highest BCUT2D eigenvalue weighted by Gasteiger charge is 2.50. The van der Waals surface area contributed by atoms with Gasteiger partial charge in [-0.1, -0.05) is 12.1 Å². The Morgan fingerprint density at radius 2 is 1.96 bits per heavy atom.